The van der Waals surface area contributed by atoms with Crippen molar-refractivity contribution in [1.29, 1.82) is 0 Å². The van der Waals surface area contributed by atoms with Gasteiger partial charge in [0.1, 0.15) is 10.7 Å². The summed E-state index contributed by atoms with van der Waals surface area (Å²) in [6, 6.07) is 3.28. The van der Waals surface area contributed by atoms with E-state index in [4.69, 9.17) is 16.7 Å². The maximum Gasteiger partial charge on any atom is 0.307 e. The summed E-state index contributed by atoms with van der Waals surface area (Å²) >= 11 is 5.57. The number of sulfonamides is 1. The van der Waals surface area contributed by atoms with Crippen molar-refractivity contribution >= 4 is 27.6 Å². The van der Waals surface area contributed by atoms with Gasteiger partial charge in [-0.05, 0) is 24.6 Å². The van der Waals surface area contributed by atoms with Gasteiger partial charge in [-0.15, -0.1) is 0 Å². The number of carbonyl (C=O) groups is 1. The average Bonchev–Trinajstić information content (AvgIpc) is 2.78. The first-order valence-electron chi connectivity index (χ1n) is 5.50. The quantitative estimate of drug-likeness (QED) is 0.920. The third kappa shape index (κ3) is 2.72. The standard InChI is InChI=1S/C11H11ClFNO4S/c12-8-1-2-10(9(13)5-8)19(17,18)14-4-3-7(6-14)11(15)16/h1-2,5,7H,3-4,6H2,(H,15,16)/t7-/m1/s1. The molecule has 0 unspecified atom stereocenters. The lowest BCUT2D eigenvalue weighted by molar-refractivity contribution is -0.141. The van der Waals surface area contributed by atoms with E-state index in [1.165, 1.54) is 6.07 Å². The molecule has 1 aromatic rings. The number of nitrogens with zero attached hydrogens (tertiary/aromatic N) is 1. The summed E-state index contributed by atoms with van der Waals surface area (Å²) in [5.41, 5.74) is 0. The zero-order chi connectivity index (χ0) is 14.2. The third-order valence-corrected chi connectivity index (χ3v) is 5.15. The van der Waals surface area contributed by atoms with E-state index in [0.29, 0.717) is 0 Å². The lowest BCUT2D eigenvalue weighted by atomic mass is 10.1. The third-order valence-electron chi connectivity index (χ3n) is 3.01. The van der Waals surface area contributed by atoms with E-state index in [0.717, 1.165) is 16.4 Å². The number of carboxylic acids is 1. The molecular weight excluding hydrogens is 297 g/mol. The van der Waals surface area contributed by atoms with Crippen LogP contribution in [-0.2, 0) is 14.8 Å². The maximum absolute atomic E-state index is 13.6. The highest BCUT2D eigenvalue weighted by Gasteiger charge is 2.36. The van der Waals surface area contributed by atoms with Crippen molar-refractivity contribution in [3.05, 3.63) is 29.0 Å². The zero-order valence-electron chi connectivity index (χ0n) is 9.71. The number of hydrogen-bond donors (Lipinski definition) is 1. The molecule has 1 heterocycles. The Morgan fingerprint density at radius 2 is 2.16 bits per heavy atom. The summed E-state index contributed by atoms with van der Waals surface area (Å²) in [4.78, 5) is 10.3. The van der Waals surface area contributed by atoms with Gasteiger partial charge in [-0.1, -0.05) is 11.6 Å². The molecule has 2 rings (SSSR count). The van der Waals surface area contributed by atoms with Crippen molar-refractivity contribution in [2.75, 3.05) is 13.1 Å². The van der Waals surface area contributed by atoms with Gasteiger partial charge in [0.2, 0.25) is 10.0 Å². The van der Waals surface area contributed by atoms with Gasteiger partial charge in [0, 0.05) is 18.1 Å². The summed E-state index contributed by atoms with van der Waals surface area (Å²) in [7, 11) is -4.02. The Labute approximate surface area is 114 Å². The fourth-order valence-electron chi connectivity index (χ4n) is 1.97. The fraction of sp³-hybridized carbons (Fsp3) is 0.364. The number of rotatable bonds is 3. The van der Waals surface area contributed by atoms with Crippen molar-refractivity contribution in [3.63, 3.8) is 0 Å². The van der Waals surface area contributed by atoms with Gasteiger partial charge in [0.05, 0.1) is 5.92 Å². The smallest absolute Gasteiger partial charge is 0.307 e. The van der Waals surface area contributed by atoms with Crippen LogP contribution in [0, 0.1) is 11.7 Å². The van der Waals surface area contributed by atoms with E-state index in [1.807, 2.05) is 0 Å². The van der Waals surface area contributed by atoms with Crippen LogP contribution >= 0.6 is 11.6 Å². The summed E-state index contributed by atoms with van der Waals surface area (Å²) in [6.45, 7) is -0.0684. The zero-order valence-corrected chi connectivity index (χ0v) is 11.3. The maximum atomic E-state index is 13.6. The second-order valence-electron chi connectivity index (χ2n) is 4.26. The average molecular weight is 308 g/mol. The minimum atomic E-state index is -4.02. The van der Waals surface area contributed by atoms with Crippen LogP contribution in [0.4, 0.5) is 4.39 Å². The van der Waals surface area contributed by atoms with Crippen molar-refractivity contribution in [2.45, 2.75) is 11.3 Å². The molecule has 1 aliphatic heterocycles. The molecule has 1 aromatic carbocycles. The summed E-state index contributed by atoms with van der Waals surface area (Å²) in [5, 5.41) is 8.94. The molecule has 1 fully saturated rings. The second kappa shape index (κ2) is 5.07. The molecule has 8 heteroatoms. The number of hydrogen-bond acceptors (Lipinski definition) is 3. The van der Waals surface area contributed by atoms with Crippen molar-refractivity contribution in [2.24, 2.45) is 5.92 Å². The highest BCUT2D eigenvalue weighted by molar-refractivity contribution is 7.89. The predicted molar refractivity (Wildman–Crippen MR) is 65.9 cm³/mol. The monoisotopic (exact) mass is 307 g/mol. The van der Waals surface area contributed by atoms with Crippen LogP contribution in [0.3, 0.4) is 0 Å². The van der Waals surface area contributed by atoms with E-state index in [-0.39, 0.29) is 24.5 Å². The predicted octanol–water partition coefficient (Wildman–Crippen LogP) is 1.57. The number of benzene rings is 1. The van der Waals surface area contributed by atoms with Crippen LogP contribution in [0.15, 0.2) is 23.1 Å². The molecule has 0 radical (unpaired) electrons. The van der Waals surface area contributed by atoms with Crippen molar-refractivity contribution in [3.8, 4) is 0 Å². The molecule has 1 aliphatic rings. The van der Waals surface area contributed by atoms with Crippen molar-refractivity contribution < 1.29 is 22.7 Å². The molecule has 1 saturated heterocycles. The number of halogens is 2. The molecule has 19 heavy (non-hydrogen) atoms. The Morgan fingerprint density at radius 3 is 2.68 bits per heavy atom. The molecule has 5 nitrogen and oxygen atoms in total. The normalized spacial score (nSPS) is 20.6. The van der Waals surface area contributed by atoms with Crippen LogP contribution in [0.25, 0.3) is 0 Å². The molecule has 0 bridgehead atoms. The Bertz CT molecular complexity index is 619. The second-order valence-corrected chi connectivity index (χ2v) is 6.60. The van der Waals surface area contributed by atoms with Gasteiger partial charge in [0.15, 0.2) is 0 Å². The van der Waals surface area contributed by atoms with Gasteiger partial charge >= 0.3 is 5.97 Å². The molecule has 0 amide bonds. The number of carboxylic acid groups (broad SMARTS) is 1. The minimum Gasteiger partial charge on any atom is -0.481 e. The Hall–Kier alpha value is -1.18. The van der Waals surface area contributed by atoms with Crippen LogP contribution in [0.2, 0.25) is 5.02 Å². The largest absolute Gasteiger partial charge is 0.481 e. The van der Waals surface area contributed by atoms with Gasteiger partial charge in [-0.2, -0.15) is 4.31 Å². The number of aliphatic carboxylic acids is 1. The summed E-state index contributed by atoms with van der Waals surface area (Å²) < 4.78 is 39.0. The van der Waals surface area contributed by atoms with Gasteiger partial charge in [-0.3, -0.25) is 4.79 Å². The molecule has 1 atom stereocenters. The highest BCUT2D eigenvalue weighted by Crippen LogP contribution is 2.27. The molecule has 0 aliphatic carbocycles. The Kier molecular flexibility index (Phi) is 3.80. The van der Waals surface area contributed by atoms with E-state index in [2.05, 4.69) is 0 Å². The van der Waals surface area contributed by atoms with E-state index in [9.17, 15) is 17.6 Å². The lowest BCUT2D eigenvalue weighted by Crippen LogP contribution is -2.30. The highest BCUT2D eigenvalue weighted by atomic mass is 35.5. The topological polar surface area (TPSA) is 74.7 Å². The molecule has 0 aromatic heterocycles. The van der Waals surface area contributed by atoms with Crippen molar-refractivity contribution in [1.82, 2.24) is 4.31 Å². The van der Waals surface area contributed by atoms with Gasteiger partial charge in [0.25, 0.3) is 0 Å². The van der Waals surface area contributed by atoms with Crippen LogP contribution in [0.5, 0.6) is 0 Å². The molecule has 104 valence electrons. The fourth-order valence-corrected chi connectivity index (χ4v) is 3.68. The van der Waals surface area contributed by atoms with Gasteiger partial charge in [-0.25, -0.2) is 12.8 Å². The van der Waals surface area contributed by atoms with E-state index >= 15 is 0 Å². The Morgan fingerprint density at radius 1 is 1.47 bits per heavy atom. The first kappa shape index (κ1) is 14.2. The Balaban J connectivity index is 2.31. The molecular formula is C11H11ClFNO4S. The van der Waals surface area contributed by atoms with Crippen LogP contribution in [0.1, 0.15) is 6.42 Å². The molecule has 0 saturated carbocycles. The SMILES string of the molecule is O=C(O)[C@@H]1CCN(S(=O)(=O)c2ccc(Cl)cc2F)C1. The van der Waals surface area contributed by atoms with Gasteiger partial charge < -0.3 is 5.11 Å². The first-order chi connectivity index (χ1) is 8.82. The molecule has 1 N–H and O–H groups in total. The molecule has 0 spiro atoms. The van der Waals surface area contributed by atoms with E-state index < -0.39 is 32.6 Å². The summed E-state index contributed by atoms with van der Waals surface area (Å²) in [5.74, 6) is -2.73. The summed E-state index contributed by atoms with van der Waals surface area (Å²) in [6.07, 6.45) is 0.226. The van der Waals surface area contributed by atoms with Crippen LogP contribution < -0.4 is 0 Å². The minimum absolute atomic E-state index is 0.0708. The van der Waals surface area contributed by atoms with Crippen LogP contribution in [-0.4, -0.2) is 36.9 Å². The lowest BCUT2D eigenvalue weighted by Gasteiger charge is -2.16. The van der Waals surface area contributed by atoms with E-state index in [1.54, 1.807) is 0 Å². The first-order valence-corrected chi connectivity index (χ1v) is 7.32.